The maximum Gasteiger partial charge on any atom is 0.176 e. The van der Waals surface area contributed by atoms with Crippen molar-refractivity contribution in [3.63, 3.8) is 0 Å². The molecule has 0 heterocycles. The van der Waals surface area contributed by atoms with Gasteiger partial charge in [-0.1, -0.05) is 15.9 Å². The molecule has 0 amide bonds. The van der Waals surface area contributed by atoms with Crippen LogP contribution in [0.4, 0.5) is 0 Å². The highest BCUT2D eigenvalue weighted by Crippen LogP contribution is 2.23. The molecule has 1 rings (SSSR count). The van der Waals surface area contributed by atoms with Crippen LogP contribution in [-0.2, 0) is 5.88 Å². The molecule has 1 unspecified atom stereocenters. The fourth-order valence-electron chi connectivity index (χ4n) is 1.27. The van der Waals surface area contributed by atoms with Crippen LogP contribution in [0.25, 0.3) is 0 Å². The maximum absolute atomic E-state index is 11.7. The van der Waals surface area contributed by atoms with Crippen molar-refractivity contribution in [3.8, 4) is 5.75 Å². The molecule has 0 saturated heterocycles. The lowest BCUT2D eigenvalue weighted by molar-refractivity contribution is 0.0995. The van der Waals surface area contributed by atoms with Crippen LogP contribution in [-0.4, -0.2) is 17.7 Å². The molecule has 0 N–H and O–H groups in total. The molecule has 82 valence electrons. The standard InChI is InChI=1S/C11H12BrClO2/c1-7(12)11(14)8-3-4-10(15-2)9(5-8)6-13/h3-5,7H,6H2,1-2H3. The third-order valence-corrected chi connectivity index (χ3v) is 2.77. The summed E-state index contributed by atoms with van der Waals surface area (Å²) in [5.41, 5.74) is 1.48. The first kappa shape index (κ1) is 12.5. The highest BCUT2D eigenvalue weighted by Gasteiger charge is 2.13. The van der Waals surface area contributed by atoms with Gasteiger partial charge >= 0.3 is 0 Å². The number of halogens is 2. The van der Waals surface area contributed by atoms with Crippen LogP contribution >= 0.6 is 27.5 Å². The number of carbonyl (C=O) groups excluding carboxylic acids is 1. The van der Waals surface area contributed by atoms with E-state index in [4.69, 9.17) is 16.3 Å². The van der Waals surface area contributed by atoms with Gasteiger partial charge in [-0.05, 0) is 25.1 Å². The third kappa shape index (κ3) is 2.95. The van der Waals surface area contributed by atoms with E-state index in [0.717, 1.165) is 5.56 Å². The second-order valence-electron chi connectivity index (χ2n) is 3.14. The molecule has 1 atom stereocenters. The van der Waals surface area contributed by atoms with Crippen molar-refractivity contribution in [2.24, 2.45) is 0 Å². The molecule has 0 aliphatic carbocycles. The van der Waals surface area contributed by atoms with Crippen molar-refractivity contribution in [2.45, 2.75) is 17.6 Å². The zero-order valence-electron chi connectivity index (χ0n) is 8.59. The average molecular weight is 292 g/mol. The summed E-state index contributed by atoms with van der Waals surface area (Å²) in [6.45, 7) is 1.80. The predicted octanol–water partition coefficient (Wildman–Crippen LogP) is 3.40. The van der Waals surface area contributed by atoms with Gasteiger partial charge in [0.05, 0.1) is 17.8 Å². The fourth-order valence-corrected chi connectivity index (χ4v) is 1.74. The molecule has 1 aromatic rings. The van der Waals surface area contributed by atoms with Crippen LogP contribution in [0.5, 0.6) is 5.75 Å². The van der Waals surface area contributed by atoms with Gasteiger partial charge in [-0.3, -0.25) is 4.79 Å². The van der Waals surface area contributed by atoms with Crippen molar-refractivity contribution >= 4 is 33.3 Å². The summed E-state index contributed by atoms with van der Waals surface area (Å²) in [6.07, 6.45) is 0. The highest BCUT2D eigenvalue weighted by atomic mass is 79.9. The summed E-state index contributed by atoms with van der Waals surface area (Å²) in [7, 11) is 1.58. The van der Waals surface area contributed by atoms with E-state index in [2.05, 4.69) is 15.9 Å². The monoisotopic (exact) mass is 290 g/mol. The van der Waals surface area contributed by atoms with E-state index in [0.29, 0.717) is 17.2 Å². The molecule has 2 nitrogen and oxygen atoms in total. The Kier molecular flexibility index (Phi) is 4.61. The van der Waals surface area contributed by atoms with Crippen LogP contribution in [0.2, 0.25) is 0 Å². The van der Waals surface area contributed by atoms with Crippen LogP contribution in [0.3, 0.4) is 0 Å². The first-order valence-corrected chi connectivity index (χ1v) is 5.96. The lowest BCUT2D eigenvalue weighted by Crippen LogP contribution is -2.10. The molecule has 0 aliphatic rings. The van der Waals surface area contributed by atoms with Gasteiger partial charge in [0.2, 0.25) is 0 Å². The quantitative estimate of drug-likeness (QED) is 0.628. The van der Waals surface area contributed by atoms with Crippen molar-refractivity contribution in [2.75, 3.05) is 7.11 Å². The number of ketones is 1. The second-order valence-corrected chi connectivity index (χ2v) is 4.78. The summed E-state index contributed by atoms with van der Waals surface area (Å²) in [5, 5.41) is 0. The minimum Gasteiger partial charge on any atom is -0.496 e. The molecule has 1 aromatic carbocycles. The zero-order chi connectivity index (χ0) is 11.4. The van der Waals surface area contributed by atoms with Crippen molar-refractivity contribution in [3.05, 3.63) is 29.3 Å². The number of ether oxygens (including phenoxy) is 1. The molecular formula is C11H12BrClO2. The number of rotatable bonds is 4. The van der Waals surface area contributed by atoms with E-state index in [1.807, 2.05) is 0 Å². The van der Waals surface area contributed by atoms with Gasteiger partial charge in [-0.2, -0.15) is 0 Å². The smallest absolute Gasteiger partial charge is 0.176 e. The lowest BCUT2D eigenvalue weighted by Gasteiger charge is -2.08. The molecular weight excluding hydrogens is 279 g/mol. The van der Waals surface area contributed by atoms with Gasteiger partial charge in [0.1, 0.15) is 5.75 Å². The van der Waals surface area contributed by atoms with Gasteiger partial charge in [0.15, 0.2) is 5.78 Å². The summed E-state index contributed by atoms with van der Waals surface area (Å²) >= 11 is 9.01. The fraction of sp³-hybridized carbons (Fsp3) is 0.364. The highest BCUT2D eigenvalue weighted by molar-refractivity contribution is 9.10. The van der Waals surface area contributed by atoms with E-state index in [9.17, 15) is 4.79 Å². The topological polar surface area (TPSA) is 26.3 Å². The number of benzene rings is 1. The Labute approximate surface area is 103 Å². The second kappa shape index (κ2) is 5.52. The molecule has 0 fully saturated rings. The van der Waals surface area contributed by atoms with Gasteiger partial charge < -0.3 is 4.74 Å². The van der Waals surface area contributed by atoms with Gasteiger partial charge in [-0.15, -0.1) is 11.6 Å². The normalized spacial score (nSPS) is 12.3. The summed E-state index contributed by atoms with van der Waals surface area (Å²) in [4.78, 5) is 11.5. The third-order valence-electron chi connectivity index (χ3n) is 2.07. The Balaban J connectivity index is 3.08. The minimum atomic E-state index is -0.186. The van der Waals surface area contributed by atoms with Gasteiger partial charge in [-0.25, -0.2) is 0 Å². The molecule has 0 radical (unpaired) electrons. The lowest BCUT2D eigenvalue weighted by atomic mass is 10.1. The first-order chi connectivity index (χ1) is 7.10. The summed E-state index contributed by atoms with van der Waals surface area (Å²) < 4.78 is 5.12. The number of Topliss-reactive ketones (excluding diaryl/α,β-unsaturated/α-hetero) is 1. The van der Waals surface area contributed by atoms with Crippen molar-refractivity contribution < 1.29 is 9.53 Å². The zero-order valence-corrected chi connectivity index (χ0v) is 10.9. The Bertz CT molecular complexity index is 364. The van der Waals surface area contributed by atoms with E-state index in [-0.39, 0.29) is 10.6 Å². The summed E-state index contributed by atoms with van der Waals surface area (Å²) in [5.74, 6) is 1.09. The van der Waals surface area contributed by atoms with Crippen LogP contribution in [0.1, 0.15) is 22.8 Å². The van der Waals surface area contributed by atoms with E-state index < -0.39 is 0 Å². The van der Waals surface area contributed by atoms with Crippen LogP contribution in [0, 0.1) is 0 Å². The number of hydrogen-bond donors (Lipinski definition) is 0. The molecule has 0 saturated carbocycles. The Morgan fingerprint density at radius 3 is 2.73 bits per heavy atom. The average Bonchev–Trinajstić information content (AvgIpc) is 2.26. The molecule has 0 aromatic heterocycles. The molecule has 4 heteroatoms. The van der Waals surface area contributed by atoms with E-state index in [1.165, 1.54) is 0 Å². The van der Waals surface area contributed by atoms with E-state index >= 15 is 0 Å². The Morgan fingerprint density at radius 2 is 2.27 bits per heavy atom. The Hall–Kier alpha value is -0.540. The maximum atomic E-state index is 11.7. The predicted molar refractivity (Wildman–Crippen MR) is 65.3 cm³/mol. The largest absolute Gasteiger partial charge is 0.496 e. The van der Waals surface area contributed by atoms with Crippen LogP contribution < -0.4 is 4.74 Å². The Morgan fingerprint density at radius 1 is 1.60 bits per heavy atom. The number of alkyl halides is 2. The van der Waals surface area contributed by atoms with Gasteiger partial charge in [0, 0.05) is 11.1 Å². The van der Waals surface area contributed by atoms with Gasteiger partial charge in [0.25, 0.3) is 0 Å². The molecule has 0 spiro atoms. The molecule has 0 bridgehead atoms. The SMILES string of the molecule is COc1ccc(C(=O)C(C)Br)cc1CCl. The molecule has 0 aliphatic heterocycles. The number of carbonyl (C=O) groups is 1. The molecule has 15 heavy (non-hydrogen) atoms. The first-order valence-electron chi connectivity index (χ1n) is 4.51. The van der Waals surface area contributed by atoms with Crippen LogP contribution in [0.15, 0.2) is 18.2 Å². The van der Waals surface area contributed by atoms with Crippen molar-refractivity contribution in [1.82, 2.24) is 0 Å². The van der Waals surface area contributed by atoms with E-state index in [1.54, 1.807) is 32.2 Å². The number of methoxy groups -OCH3 is 1. The number of hydrogen-bond acceptors (Lipinski definition) is 2. The van der Waals surface area contributed by atoms with Crippen molar-refractivity contribution in [1.29, 1.82) is 0 Å². The minimum absolute atomic E-state index is 0.0454. The summed E-state index contributed by atoms with van der Waals surface area (Å²) in [6, 6.07) is 5.28.